The Morgan fingerprint density at radius 1 is 1.29 bits per heavy atom. The number of hydrazine groups is 1. The van der Waals surface area contributed by atoms with Crippen molar-refractivity contribution in [2.24, 2.45) is 11.6 Å². The maximum atomic E-state index is 10.5. The Balaban J connectivity index is 1.44. The van der Waals surface area contributed by atoms with Gasteiger partial charge in [0.15, 0.2) is 17.3 Å². The molecule has 3 aromatic rings. The van der Waals surface area contributed by atoms with Crippen LogP contribution in [0.2, 0.25) is 0 Å². The van der Waals surface area contributed by atoms with Crippen LogP contribution in [0.3, 0.4) is 0 Å². The van der Waals surface area contributed by atoms with Crippen molar-refractivity contribution in [1.82, 2.24) is 15.0 Å². The maximum Gasteiger partial charge on any atom is 0.248 e. The van der Waals surface area contributed by atoms with E-state index in [0.29, 0.717) is 48.5 Å². The number of benzene rings is 2. The average Bonchev–Trinajstić information content (AvgIpc) is 3.03. The van der Waals surface area contributed by atoms with Crippen LogP contribution in [0.1, 0.15) is 18.1 Å². The largest absolute Gasteiger partial charge is 0.504 e. The summed E-state index contributed by atoms with van der Waals surface area (Å²) in [6.45, 7) is 3.66. The minimum absolute atomic E-state index is 0.0304. The van der Waals surface area contributed by atoms with Gasteiger partial charge in [0.25, 0.3) is 0 Å². The number of hydrogen-bond donors (Lipinski definition) is 5. The van der Waals surface area contributed by atoms with Crippen molar-refractivity contribution < 1.29 is 14.6 Å². The maximum absolute atomic E-state index is 10.5. The lowest BCUT2D eigenvalue weighted by Crippen LogP contribution is -2.29. The molecule has 35 heavy (non-hydrogen) atoms. The predicted molar refractivity (Wildman–Crippen MR) is 135 cm³/mol. The molecule has 1 atom stereocenters. The standard InChI is InChI=1S/C25H31N7O3/c1-17(12-18-6-3-2-4-7-18)31-24-23-25(30-16-29-24)35-21-14-20(33)22(13-19(21)15-28-23)34-11-10-32(27)9-5-8-26/h2-7,9,13-14,16-17,28,33H,8,10-12,15,26-27H2,1H3,(H,29,30,31)/b9-5-. The lowest BCUT2D eigenvalue weighted by molar-refractivity contribution is 0.248. The van der Waals surface area contributed by atoms with Gasteiger partial charge < -0.3 is 36.0 Å². The summed E-state index contributed by atoms with van der Waals surface area (Å²) in [6, 6.07) is 13.7. The summed E-state index contributed by atoms with van der Waals surface area (Å²) in [6.07, 6.45) is 5.73. The van der Waals surface area contributed by atoms with Crippen LogP contribution in [0.15, 0.2) is 61.1 Å². The van der Waals surface area contributed by atoms with Gasteiger partial charge in [-0.1, -0.05) is 36.4 Å². The highest BCUT2D eigenvalue weighted by Gasteiger charge is 2.22. The third kappa shape index (κ3) is 6.31. The SMILES string of the molecule is CC(Cc1ccccc1)Nc1ncnc2c1NCc1cc(OCCN(N)/C=C\CN)c(O)cc1O2. The third-order valence-electron chi connectivity index (χ3n) is 5.42. The number of hydrogen-bond acceptors (Lipinski definition) is 10. The number of anilines is 2. The first-order valence-corrected chi connectivity index (χ1v) is 11.5. The van der Waals surface area contributed by atoms with Crippen LogP contribution in [0.5, 0.6) is 23.1 Å². The number of rotatable bonds is 10. The van der Waals surface area contributed by atoms with Crippen LogP contribution in [0, 0.1) is 0 Å². The number of nitrogens with zero attached hydrogens (tertiary/aromatic N) is 3. The monoisotopic (exact) mass is 477 g/mol. The van der Waals surface area contributed by atoms with Gasteiger partial charge in [-0.2, -0.15) is 4.98 Å². The zero-order valence-corrected chi connectivity index (χ0v) is 19.6. The van der Waals surface area contributed by atoms with E-state index in [-0.39, 0.29) is 18.4 Å². The quantitative estimate of drug-likeness (QED) is 0.218. The lowest BCUT2D eigenvalue weighted by Gasteiger charge is -2.18. The first-order chi connectivity index (χ1) is 17.0. The van der Waals surface area contributed by atoms with Crippen molar-refractivity contribution in [2.45, 2.75) is 25.9 Å². The van der Waals surface area contributed by atoms with Crippen LogP contribution >= 0.6 is 0 Å². The highest BCUT2D eigenvalue weighted by atomic mass is 16.5. The van der Waals surface area contributed by atoms with E-state index in [2.05, 4.69) is 39.7 Å². The Hall–Kier alpha value is -4.02. The minimum Gasteiger partial charge on any atom is -0.504 e. The van der Waals surface area contributed by atoms with Crippen LogP contribution in [-0.4, -0.2) is 45.8 Å². The number of ether oxygens (including phenoxy) is 2. The molecule has 10 heteroatoms. The molecule has 0 fully saturated rings. The van der Waals surface area contributed by atoms with Gasteiger partial charge in [-0.05, 0) is 25.0 Å². The summed E-state index contributed by atoms with van der Waals surface area (Å²) >= 11 is 0. The molecule has 1 aliphatic rings. The summed E-state index contributed by atoms with van der Waals surface area (Å²) in [4.78, 5) is 8.71. The molecule has 0 spiro atoms. The molecule has 2 heterocycles. The zero-order valence-electron chi connectivity index (χ0n) is 19.6. The van der Waals surface area contributed by atoms with Crippen LogP contribution < -0.4 is 31.7 Å². The molecule has 0 saturated carbocycles. The molecule has 184 valence electrons. The van der Waals surface area contributed by atoms with Crippen LogP contribution in [0.4, 0.5) is 11.5 Å². The number of nitrogens with two attached hydrogens (primary N) is 2. The number of fused-ring (bicyclic) bond motifs is 2. The molecule has 10 nitrogen and oxygen atoms in total. The predicted octanol–water partition coefficient (Wildman–Crippen LogP) is 2.97. The van der Waals surface area contributed by atoms with Gasteiger partial charge in [0, 0.05) is 37.0 Å². The molecule has 1 unspecified atom stereocenters. The summed E-state index contributed by atoms with van der Waals surface area (Å²) in [7, 11) is 0. The fourth-order valence-electron chi connectivity index (χ4n) is 3.73. The molecule has 7 N–H and O–H groups in total. The number of phenols is 1. The third-order valence-corrected chi connectivity index (χ3v) is 5.42. The van der Waals surface area contributed by atoms with Gasteiger partial charge in [-0.25, -0.2) is 10.8 Å². The van der Waals surface area contributed by atoms with Crippen LogP contribution in [-0.2, 0) is 13.0 Å². The van der Waals surface area contributed by atoms with Gasteiger partial charge in [-0.3, -0.25) is 0 Å². The van der Waals surface area contributed by atoms with Gasteiger partial charge in [0.1, 0.15) is 24.4 Å². The fraction of sp³-hybridized carbons (Fsp3) is 0.280. The number of aromatic hydroxyl groups is 1. The Kier molecular flexibility index (Phi) is 7.86. The second kappa shape index (κ2) is 11.4. The van der Waals surface area contributed by atoms with Gasteiger partial charge >= 0.3 is 0 Å². The van der Waals surface area contributed by atoms with Crippen molar-refractivity contribution in [3.05, 3.63) is 72.2 Å². The Morgan fingerprint density at radius 3 is 2.91 bits per heavy atom. The highest BCUT2D eigenvalue weighted by Crippen LogP contribution is 2.41. The lowest BCUT2D eigenvalue weighted by atomic mass is 10.1. The molecule has 0 radical (unpaired) electrons. The Labute approximate surface area is 204 Å². The molecule has 2 aromatic carbocycles. The van der Waals surface area contributed by atoms with Gasteiger partial charge in [0.2, 0.25) is 5.88 Å². The molecule has 0 bridgehead atoms. The Morgan fingerprint density at radius 2 is 2.11 bits per heavy atom. The summed E-state index contributed by atoms with van der Waals surface area (Å²) in [5.41, 5.74) is 8.14. The molecule has 4 rings (SSSR count). The number of phenolic OH excluding ortho intramolecular Hbond substituents is 1. The number of aromatic nitrogens is 2. The molecule has 1 aliphatic heterocycles. The van der Waals surface area contributed by atoms with Crippen molar-refractivity contribution in [1.29, 1.82) is 0 Å². The molecule has 1 aromatic heterocycles. The zero-order chi connectivity index (χ0) is 24.6. The van der Waals surface area contributed by atoms with E-state index in [1.165, 1.54) is 23.0 Å². The Bertz CT molecular complexity index is 1160. The molecular formula is C25H31N7O3. The van der Waals surface area contributed by atoms with Gasteiger partial charge in [-0.15, -0.1) is 0 Å². The van der Waals surface area contributed by atoms with E-state index in [1.807, 2.05) is 18.2 Å². The van der Waals surface area contributed by atoms with Crippen LogP contribution in [0.25, 0.3) is 0 Å². The normalized spacial score (nSPS) is 13.1. The van der Waals surface area contributed by atoms with E-state index in [9.17, 15) is 5.11 Å². The molecule has 0 amide bonds. The van der Waals surface area contributed by atoms with Crippen molar-refractivity contribution in [2.75, 3.05) is 30.3 Å². The van der Waals surface area contributed by atoms with E-state index >= 15 is 0 Å². The second-order valence-corrected chi connectivity index (χ2v) is 8.23. The topological polar surface area (TPSA) is 144 Å². The van der Waals surface area contributed by atoms with Crippen molar-refractivity contribution in [3.63, 3.8) is 0 Å². The molecular weight excluding hydrogens is 446 g/mol. The van der Waals surface area contributed by atoms with Gasteiger partial charge in [0.05, 0.1) is 6.54 Å². The van der Waals surface area contributed by atoms with Crippen molar-refractivity contribution >= 4 is 11.5 Å². The average molecular weight is 478 g/mol. The van der Waals surface area contributed by atoms with E-state index in [0.717, 1.165) is 12.0 Å². The highest BCUT2D eigenvalue weighted by molar-refractivity contribution is 5.72. The minimum atomic E-state index is -0.0304. The fourth-order valence-corrected chi connectivity index (χ4v) is 3.73. The van der Waals surface area contributed by atoms with E-state index in [4.69, 9.17) is 21.1 Å². The smallest absolute Gasteiger partial charge is 0.248 e. The first kappa shape index (κ1) is 24.1. The summed E-state index contributed by atoms with van der Waals surface area (Å²) in [5.74, 6) is 7.68. The first-order valence-electron chi connectivity index (χ1n) is 11.5. The second-order valence-electron chi connectivity index (χ2n) is 8.23. The van der Waals surface area contributed by atoms with E-state index in [1.54, 1.807) is 18.3 Å². The molecule has 0 saturated heterocycles. The number of nitrogens with one attached hydrogen (secondary N) is 2. The molecule has 0 aliphatic carbocycles. The summed E-state index contributed by atoms with van der Waals surface area (Å²) < 4.78 is 11.8. The van der Waals surface area contributed by atoms with Crippen molar-refractivity contribution in [3.8, 4) is 23.1 Å². The summed E-state index contributed by atoms with van der Waals surface area (Å²) in [5, 5.41) is 18.8. The van der Waals surface area contributed by atoms with E-state index < -0.39 is 0 Å².